The van der Waals surface area contributed by atoms with Crippen molar-refractivity contribution < 1.29 is 13.2 Å². The fourth-order valence-electron chi connectivity index (χ4n) is 2.65. The molecule has 1 aliphatic rings. The average molecular weight is 390 g/mol. The molecule has 136 valence electrons. The summed E-state index contributed by atoms with van der Waals surface area (Å²) < 4.78 is 26.7. The quantitative estimate of drug-likeness (QED) is 0.776. The predicted molar refractivity (Wildman–Crippen MR) is 102 cm³/mol. The number of hydrogen-bond acceptors (Lipinski definition) is 5. The van der Waals surface area contributed by atoms with Crippen LogP contribution < -0.4 is 10.6 Å². The van der Waals surface area contributed by atoms with E-state index < -0.39 is 15.9 Å². The van der Waals surface area contributed by atoms with Crippen LogP contribution in [0.4, 0.5) is 5.69 Å². The van der Waals surface area contributed by atoms with Gasteiger partial charge < -0.3 is 5.32 Å². The number of amides is 1. The van der Waals surface area contributed by atoms with Crippen LogP contribution in [0.1, 0.15) is 23.2 Å². The fraction of sp³-hybridized carbons (Fsp3) is 0.235. The molecule has 0 unspecified atom stereocenters. The lowest BCUT2D eigenvalue weighted by atomic mass is 10.3. The molecule has 2 aromatic rings. The van der Waals surface area contributed by atoms with Gasteiger partial charge in [0.25, 0.3) is 5.91 Å². The number of anilines is 1. The van der Waals surface area contributed by atoms with Crippen LogP contribution in [0.2, 0.25) is 0 Å². The number of pyridine rings is 1. The molecule has 1 amide bonds. The summed E-state index contributed by atoms with van der Waals surface area (Å²) in [5.41, 5.74) is 0.865. The molecule has 0 atom stereocenters. The smallest absolute Gasteiger partial charge is 0.258 e. The van der Waals surface area contributed by atoms with Gasteiger partial charge in [-0.3, -0.25) is 15.1 Å². The fourth-order valence-corrected chi connectivity index (χ4v) is 4.42. The van der Waals surface area contributed by atoms with E-state index in [9.17, 15) is 13.2 Å². The van der Waals surface area contributed by atoms with Gasteiger partial charge in [-0.2, -0.15) is 4.31 Å². The summed E-state index contributed by atoms with van der Waals surface area (Å²) in [6, 6.07) is 9.65. The monoisotopic (exact) mass is 390 g/mol. The molecule has 7 nitrogen and oxygen atoms in total. The average Bonchev–Trinajstić information content (AvgIpc) is 3.18. The summed E-state index contributed by atoms with van der Waals surface area (Å²) in [6.45, 7) is 1.08. The number of aromatic nitrogens is 1. The molecular weight excluding hydrogens is 372 g/mol. The number of nitrogens with zero attached hydrogens (tertiary/aromatic N) is 2. The third kappa shape index (κ3) is 4.24. The van der Waals surface area contributed by atoms with Crippen molar-refractivity contribution in [1.29, 1.82) is 0 Å². The molecule has 9 heteroatoms. The highest BCUT2D eigenvalue weighted by atomic mass is 32.2. The molecular formula is C17H18N4O3S2. The third-order valence-electron chi connectivity index (χ3n) is 3.95. The standard InChI is InChI=1S/C17H18N4O3S2/c22-16(13-5-4-8-18-12-13)20-17(25)19-14-6-3-7-15(11-14)26(23,24)21-9-1-2-10-21/h3-8,11-12H,1-2,9-10H2,(H2,19,20,22,25). The minimum atomic E-state index is -3.51. The predicted octanol–water partition coefficient (Wildman–Crippen LogP) is 1.99. The van der Waals surface area contributed by atoms with Gasteiger partial charge in [-0.05, 0) is 55.4 Å². The normalized spacial score (nSPS) is 14.8. The molecule has 3 rings (SSSR count). The number of rotatable bonds is 4. The minimum absolute atomic E-state index is 0.0783. The lowest BCUT2D eigenvalue weighted by Crippen LogP contribution is -2.34. The molecule has 2 heterocycles. The van der Waals surface area contributed by atoms with E-state index in [0.29, 0.717) is 24.3 Å². The van der Waals surface area contributed by atoms with Crippen molar-refractivity contribution in [2.24, 2.45) is 0 Å². The van der Waals surface area contributed by atoms with Crippen molar-refractivity contribution in [2.45, 2.75) is 17.7 Å². The van der Waals surface area contributed by atoms with E-state index in [1.807, 2.05) is 0 Å². The molecule has 0 bridgehead atoms. The van der Waals surface area contributed by atoms with Crippen molar-refractivity contribution in [2.75, 3.05) is 18.4 Å². The first-order chi connectivity index (χ1) is 12.5. The second-order valence-electron chi connectivity index (χ2n) is 5.79. The van der Waals surface area contributed by atoms with E-state index in [2.05, 4.69) is 15.6 Å². The molecule has 1 aromatic carbocycles. The summed E-state index contributed by atoms with van der Waals surface area (Å²) in [4.78, 5) is 16.1. The van der Waals surface area contributed by atoms with Gasteiger partial charge in [0, 0.05) is 31.2 Å². The van der Waals surface area contributed by atoms with Crippen LogP contribution in [0.5, 0.6) is 0 Å². The molecule has 0 aliphatic carbocycles. The van der Waals surface area contributed by atoms with Crippen molar-refractivity contribution in [3.8, 4) is 0 Å². The van der Waals surface area contributed by atoms with Crippen LogP contribution in [-0.4, -0.2) is 41.8 Å². The van der Waals surface area contributed by atoms with E-state index in [1.165, 1.54) is 16.6 Å². The second-order valence-corrected chi connectivity index (χ2v) is 8.14. The number of thiocarbonyl (C=S) groups is 1. The van der Waals surface area contributed by atoms with E-state index in [4.69, 9.17) is 12.2 Å². The van der Waals surface area contributed by atoms with Crippen molar-refractivity contribution in [1.82, 2.24) is 14.6 Å². The van der Waals surface area contributed by atoms with E-state index in [0.717, 1.165) is 12.8 Å². The Hall–Kier alpha value is -2.36. The molecule has 1 fully saturated rings. The first kappa shape index (κ1) is 18.4. The minimum Gasteiger partial charge on any atom is -0.332 e. The first-order valence-electron chi connectivity index (χ1n) is 8.09. The Labute approximate surface area is 157 Å². The van der Waals surface area contributed by atoms with Crippen LogP contribution in [0.3, 0.4) is 0 Å². The Kier molecular flexibility index (Phi) is 5.60. The Morgan fingerprint density at radius 2 is 1.92 bits per heavy atom. The van der Waals surface area contributed by atoms with Crippen molar-refractivity contribution in [3.05, 3.63) is 54.4 Å². The van der Waals surface area contributed by atoms with Crippen molar-refractivity contribution in [3.63, 3.8) is 0 Å². The van der Waals surface area contributed by atoms with Crippen LogP contribution in [0, 0.1) is 0 Å². The van der Waals surface area contributed by atoms with Crippen LogP contribution in [-0.2, 0) is 10.0 Å². The molecule has 2 N–H and O–H groups in total. The Bertz CT molecular complexity index is 911. The van der Waals surface area contributed by atoms with E-state index in [1.54, 1.807) is 36.5 Å². The van der Waals surface area contributed by atoms with Gasteiger partial charge in [-0.15, -0.1) is 0 Å². The van der Waals surface area contributed by atoms with E-state index >= 15 is 0 Å². The van der Waals surface area contributed by atoms with Gasteiger partial charge in [0.05, 0.1) is 10.5 Å². The Balaban J connectivity index is 1.68. The summed E-state index contributed by atoms with van der Waals surface area (Å²) in [7, 11) is -3.51. The number of sulfonamides is 1. The van der Waals surface area contributed by atoms with Crippen LogP contribution >= 0.6 is 12.2 Å². The number of nitrogens with one attached hydrogen (secondary N) is 2. The number of benzene rings is 1. The van der Waals surface area contributed by atoms with Gasteiger partial charge in [0.15, 0.2) is 5.11 Å². The maximum absolute atomic E-state index is 12.6. The topological polar surface area (TPSA) is 91.4 Å². The van der Waals surface area contributed by atoms with E-state index in [-0.39, 0.29) is 10.0 Å². The van der Waals surface area contributed by atoms with Crippen LogP contribution in [0.25, 0.3) is 0 Å². The lowest BCUT2D eigenvalue weighted by molar-refractivity contribution is 0.0977. The van der Waals surface area contributed by atoms with Gasteiger partial charge in [0.2, 0.25) is 10.0 Å². The molecule has 0 spiro atoms. The third-order valence-corrected chi connectivity index (χ3v) is 6.04. The summed E-state index contributed by atoms with van der Waals surface area (Å²) in [5, 5.41) is 5.46. The van der Waals surface area contributed by atoms with Gasteiger partial charge in [-0.25, -0.2) is 8.42 Å². The van der Waals surface area contributed by atoms with Crippen molar-refractivity contribution >= 4 is 38.9 Å². The van der Waals surface area contributed by atoms with Crippen LogP contribution in [0.15, 0.2) is 53.7 Å². The zero-order chi connectivity index (χ0) is 18.6. The molecule has 1 saturated heterocycles. The Morgan fingerprint density at radius 1 is 1.15 bits per heavy atom. The zero-order valence-electron chi connectivity index (χ0n) is 13.9. The number of carbonyl (C=O) groups excluding carboxylic acids is 1. The lowest BCUT2D eigenvalue weighted by Gasteiger charge is -2.16. The molecule has 1 aliphatic heterocycles. The highest BCUT2D eigenvalue weighted by Crippen LogP contribution is 2.23. The summed E-state index contributed by atoms with van der Waals surface area (Å²) in [6.07, 6.45) is 4.75. The highest BCUT2D eigenvalue weighted by molar-refractivity contribution is 7.89. The molecule has 0 saturated carbocycles. The SMILES string of the molecule is O=C(NC(=S)Nc1cccc(S(=O)(=O)N2CCCC2)c1)c1cccnc1. The zero-order valence-corrected chi connectivity index (χ0v) is 15.5. The van der Waals surface area contributed by atoms with Gasteiger partial charge in [0.1, 0.15) is 0 Å². The summed E-state index contributed by atoms with van der Waals surface area (Å²) >= 11 is 5.13. The van der Waals surface area contributed by atoms with Gasteiger partial charge >= 0.3 is 0 Å². The first-order valence-corrected chi connectivity index (χ1v) is 9.94. The second kappa shape index (κ2) is 7.90. The molecule has 26 heavy (non-hydrogen) atoms. The number of hydrogen-bond donors (Lipinski definition) is 2. The van der Waals surface area contributed by atoms with Gasteiger partial charge in [-0.1, -0.05) is 6.07 Å². The number of carbonyl (C=O) groups is 1. The maximum Gasteiger partial charge on any atom is 0.258 e. The summed E-state index contributed by atoms with van der Waals surface area (Å²) in [5.74, 6) is -0.392. The molecule has 1 aromatic heterocycles. The largest absolute Gasteiger partial charge is 0.332 e. The molecule has 0 radical (unpaired) electrons. The highest BCUT2D eigenvalue weighted by Gasteiger charge is 2.27. The maximum atomic E-state index is 12.6. The Morgan fingerprint density at radius 3 is 2.62 bits per heavy atom.